The third-order valence-electron chi connectivity index (χ3n) is 1.35. The molecule has 0 aromatic carbocycles. The van der Waals surface area contributed by atoms with Crippen molar-refractivity contribution in [1.82, 2.24) is 4.98 Å². The Hall–Kier alpha value is -0.510. The smallest absolute Gasteiger partial charge is 0.243 e. The maximum atomic E-state index is 12.2. The quantitative estimate of drug-likeness (QED) is 0.676. The van der Waals surface area contributed by atoms with Crippen LogP contribution in [-0.2, 0) is 0 Å². The molecule has 0 saturated heterocycles. The molecule has 1 aromatic heterocycles. The van der Waals surface area contributed by atoms with E-state index in [1.807, 2.05) is 13.8 Å². The Labute approximate surface area is 68.1 Å². The summed E-state index contributed by atoms with van der Waals surface area (Å²) >= 11 is 1.29. The first-order chi connectivity index (χ1) is 5.13. The highest BCUT2D eigenvalue weighted by molar-refractivity contribution is 7.09. The Bertz CT molecular complexity index is 210. The maximum Gasteiger partial charge on any atom is 0.281 e. The Morgan fingerprint density at radius 3 is 2.45 bits per heavy atom. The predicted molar refractivity (Wildman–Crippen MR) is 41.2 cm³/mol. The van der Waals surface area contributed by atoms with E-state index in [0.29, 0.717) is 4.88 Å². The molecule has 0 atom stereocenters. The van der Waals surface area contributed by atoms with E-state index in [0.717, 1.165) is 0 Å². The van der Waals surface area contributed by atoms with Crippen LogP contribution >= 0.6 is 11.3 Å². The predicted octanol–water partition coefficient (Wildman–Crippen LogP) is 3.20. The summed E-state index contributed by atoms with van der Waals surface area (Å²) in [5.74, 6) is 0.145. The number of thiazole rings is 1. The fraction of sp³-hybridized carbons (Fsp3) is 0.571. The summed E-state index contributed by atoms with van der Waals surface area (Å²) in [7, 11) is 0. The van der Waals surface area contributed by atoms with Gasteiger partial charge in [-0.3, -0.25) is 0 Å². The molecule has 1 heterocycles. The molecule has 1 aromatic rings. The van der Waals surface area contributed by atoms with E-state index in [1.165, 1.54) is 16.8 Å². The largest absolute Gasteiger partial charge is 0.281 e. The molecule has 0 bridgehead atoms. The van der Waals surface area contributed by atoms with Gasteiger partial charge in [-0.25, -0.2) is 13.8 Å². The Morgan fingerprint density at radius 1 is 1.45 bits per heavy atom. The number of nitrogens with zero attached hydrogens (tertiary/aromatic N) is 1. The monoisotopic (exact) mass is 177 g/mol. The van der Waals surface area contributed by atoms with Crippen LogP contribution in [0.4, 0.5) is 8.78 Å². The minimum atomic E-state index is -2.43. The molecule has 0 fully saturated rings. The zero-order chi connectivity index (χ0) is 8.43. The fourth-order valence-corrected chi connectivity index (χ4v) is 1.67. The van der Waals surface area contributed by atoms with Crippen molar-refractivity contribution in [3.8, 4) is 0 Å². The molecule has 1 nitrogen and oxygen atoms in total. The van der Waals surface area contributed by atoms with Gasteiger partial charge in [-0.05, 0) is 5.92 Å². The van der Waals surface area contributed by atoms with Crippen LogP contribution in [0.25, 0.3) is 0 Å². The number of aromatic nitrogens is 1. The standard InChI is InChI=1S/C7H9F2NS/c1-4(2)6-5(7(8)9)10-3-11-6/h3-4,7H,1-2H3. The molecule has 0 aliphatic rings. The molecule has 0 spiro atoms. The van der Waals surface area contributed by atoms with E-state index >= 15 is 0 Å². The van der Waals surface area contributed by atoms with Crippen molar-refractivity contribution in [1.29, 1.82) is 0 Å². The lowest BCUT2D eigenvalue weighted by atomic mass is 10.1. The van der Waals surface area contributed by atoms with Gasteiger partial charge in [0.1, 0.15) is 5.69 Å². The molecule has 1 rings (SSSR count). The second-order valence-electron chi connectivity index (χ2n) is 2.56. The molecule has 0 aliphatic carbocycles. The van der Waals surface area contributed by atoms with Gasteiger partial charge in [-0.1, -0.05) is 13.8 Å². The van der Waals surface area contributed by atoms with E-state index in [1.54, 1.807) is 0 Å². The van der Waals surface area contributed by atoms with Gasteiger partial charge in [-0.2, -0.15) is 0 Å². The van der Waals surface area contributed by atoms with E-state index in [2.05, 4.69) is 4.98 Å². The van der Waals surface area contributed by atoms with Gasteiger partial charge in [0.25, 0.3) is 6.43 Å². The topological polar surface area (TPSA) is 12.9 Å². The highest BCUT2D eigenvalue weighted by Crippen LogP contribution is 2.29. The third-order valence-corrected chi connectivity index (χ3v) is 2.50. The molecule has 0 amide bonds. The summed E-state index contributed by atoms with van der Waals surface area (Å²) in [6.07, 6.45) is -2.43. The molecular weight excluding hydrogens is 168 g/mol. The molecule has 0 saturated carbocycles. The number of rotatable bonds is 2. The second-order valence-corrected chi connectivity index (χ2v) is 3.44. The van der Waals surface area contributed by atoms with Gasteiger partial charge in [0.15, 0.2) is 0 Å². The summed E-state index contributed by atoms with van der Waals surface area (Å²) in [4.78, 5) is 4.30. The average molecular weight is 177 g/mol. The van der Waals surface area contributed by atoms with Crippen LogP contribution < -0.4 is 0 Å². The summed E-state index contributed by atoms with van der Waals surface area (Å²) in [5.41, 5.74) is 1.42. The Morgan fingerprint density at radius 2 is 2.09 bits per heavy atom. The highest BCUT2D eigenvalue weighted by Gasteiger charge is 2.17. The van der Waals surface area contributed by atoms with E-state index in [-0.39, 0.29) is 11.6 Å². The molecule has 0 unspecified atom stereocenters. The normalized spacial score (nSPS) is 11.5. The van der Waals surface area contributed by atoms with Crippen LogP contribution in [0, 0.1) is 0 Å². The van der Waals surface area contributed by atoms with E-state index in [9.17, 15) is 8.78 Å². The first kappa shape index (κ1) is 8.59. The minimum absolute atomic E-state index is 0.0509. The average Bonchev–Trinajstić information content (AvgIpc) is 2.32. The molecule has 0 aliphatic heterocycles. The molecule has 11 heavy (non-hydrogen) atoms. The SMILES string of the molecule is CC(C)c1scnc1C(F)F. The van der Waals surface area contributed by atoms with E-state index < -0.39 is 6.43 Å². The Balaban J connectivity index is 2.96. The zero-order valence-electron chi connectivity index (χ0n) is 6.34. The lowest BCUT2D eigenvalue weighted by Crippen LogP contribution is -1.92. The van der Waals surface area contributed by atoms with Crippen molar-refractivity contribution < 1.29 is 8.78 Å². The third kappa shape index (κ3) is 1.74. The van der Waals surface area contributed by atoms with E-state index in [4.69, 9.17) is 0 Å². The van der Waals surface area contributed by atoms with Crippen molar-refractivity contribution in [3.63, 3.8) is 0 Å². The molecular formula is C7H9F2NS. The highest BCUT2D eigenvalue weighted by atomic mass is 32.1. The van der Waals surface area contributed by atoms with Gasteiger partial charge >= 0.3 is 0 Å². The van der Waals surface area contributed by atoms with Crippen LogP contribution in [0.3, 0.4) is 0 Å². The van der Waals surface area contributed by atoms with Crippen LogP contribution in [-0.4, -0.2) is 4.98 Å². The molecule has 62 valence electrons. The second kappa shape index (κ2) is 3.26. The van der Waals surface area contributed by atoms with Gasteiger partial charge < -0.3 is 0 Å². The van der Waals surface area contributed by atoms with Crippen LogP contribution in [0.15, 0.2) is 5.51 Å². The van der Waals surface area contributed by atoms with Gasteiger partial charge in [0.05, 0.1) is 5.51 Å². The Kier molecular flexibility index (Phi) is 2.54. The maximum absolute atomic E-state index is 12.2. The van der Waals surface area contributed by atoms with Crippen molar-refractivity contribution in [3.05, 3.63) is 16.1 Å². The van der Waals surface area contributed by atoms with Crippen LogP contribution in [0.1, 0.15) is 36.8 Å². The number of alkyl halides is 2. The van der Waals surface area contributed by atoms with Crippen molar-refractivity contribution in [2.24, 2.45) is 0 Å². The summed E-state index contributed by atoms with van der Waals surface area (Å²) in [6.45, 7) is 3.78. The lowest BCUT2D eigenvalue weighted by molar-refractivity contribution is 0.145. The molecule has 4 heteroatoms. The fourth-order valence-electron chi connectivity index (χ4n) is 0.860. The van der Waals surface area contributed by atoms with Crippen LogP contribution in [0.2, 0.25) is 0 Å². The number of hydrogen-bond donors (Lipinski definition) is 0. The van der Waals surface area contributed by atoms with Crippen molar-refractivity contribution in [2.45, 2.75) is 26.2 Å². The summed E-state index contributed by atoms with van der Waals surface area (Å²) < 4.78 is 24.3. The molecule has 0 radical (unpaired) electrons. The lowest BCUT2D eigenvalue weighted by Gasteiger charge is -2.02. The zero-order valence-corrected chi connectivity index (χ0v) is 7.16. The van der Waals surface area contributed by atoms with Crippen molar-refractivity contribution in [2.75, 3.05) is 0 Å². The summed E-state index contributed by atoms with van der Waals surface area (Å²) in [6, 6.07) is 0. The van der Waals surface area contributed by atoms with Gasteiger partial charge in [-0.15, -0.1) is 11.3 Å². The first-order valence-corrected chi connectivity index (χ1v) is 4.22. The number of hydrogen-bond acceptors (Lipinski definition) is 2. The van der Waals surface area contributed by atoms with Crippen LogP contribution in [0.5, 0.6) is 0 Å². The van der Waals surface area contributed by atoms with Crippen molar-refractivity contribution >= 4 is 11.3 Å². The summed E-state index contributed by atoms with van der Waals surface area (Å²) in [5, 5.41) is 0. The first-order valence-electron chi connectivity index (χ1n) is 3.34. The van der Waals surface area contributed by atoms with Gasteiger partial charge in [0, 0.05) is 4.88 Å². The number of halogens is 2. The van der Waals surface area contributed by atoms with Gasteiger partial charge in [0.2, 0.25) is 0 Å². The molecule has 0 N–H and O–H groups in total. The minimum Gasteiger partial charge on any atom is -0.243 e.